The molecule has 0 amide bonds. The van der Waals surface area contributed by atoms with Gasteiger partial charge in [0.25, 0.3) is 5.56 Å². The molecular weight excluding hydrogens is 299 g/mol. The summed E-state index contributed by atoms with van der Waals surface area (Å²) in [5, 5.41) is 7.93. The molecule has 1 saturated carbocycles. The first-order valence-corrected chi connectivity index (χ1v) is 6.60. The molecule has 3 rings (SSSR count). The molecule has 0 saturated heterocycles. The van der Waals surface area contributed by atoms with E-state index in [0.29, 0.717) is 12.0 Å². The van der Waals surface area contributed by atoms with Crippen LogP contribution in [-0.4, -0.2) is 20.2 Å². The number of halogens is 2. The maximum atomic E-state index is 12.2. The van der Waals surface area contributed by atoms with Crippen LogP contribution in [0.3, 0.4) is 0 Å². The number of hydrogen-bond acceptors (Lipinski definition) is 4. The molecule has 2 atom stereocenters. The molecule has 2 heterocycles. The van der Waals surface area contributed by atoms with Crippen LogP contribution in [0.4, 0.5) is 4.39 Å². The van der Waals surface area contributed by atoms with Gasteiger partial charge in [-0.3, -0.25) is 9.78 Å². The van der Waals surface area contributed by atoms with Crippen molar-refractivity contribution in [2.75, 3.05) is 0 Å². The van der Waals surface area contributed by atoms with Gasteiger partial charge in [0.05, 0.1) is 11.9 Å². The van der Waals surface area contributed by atoms with Gasteiger partial charge < -0.3 is 4.98 Å². The van der Waals surface area contributed by atoms with E-state index in [-0.39, 0.29) is 22.6 Å². The standard InChI is InChI=1S/C13H10ClFN4O2/c14-11-8(7-3-6(7)1-2-15)4-10(18-19-11)9-5-16-13(21)17-12(9)20/h1-2,4-7H,3H2,(H2,16,17,20,21)/b2-1+/t6-,7-/m0/s1. The van der Waals surface area contributed by atoms with E-state index in [9.17, 15) is 14.0 Å². The zero-order chi connectivity index (χ0) is 15.0. The van der Waals surface area contributed by atoms with Gasteiger partial charge in [-0.2, -0.15) is 0 Å². The number of rotatable bonds is 3. The summed E-state index contributed by atoms with van der Waals surface area (Å²) in [5.41, 5.74) is 0.0638. The first-order chi connectivity index (χ1) is 10.1. The quantitative estimate of drug-likeness (QED) is 0.903. The zero-order valence-electron chi connectivity index (χ0n) is 10.6. The van der Waals surface area contributed by atoms with Crippen molar-refractivity contribution in [1.82, 2.24) is 20.2 Å². The predicted molar refractivity (Wildman–Crippen MR) is 74.8 cm³/mol. The third-order valence-corrected chi connectivity index (χ3v) is 3.72. The highest BCUT2D eigenvalue weighted by molar-refractivity contribution is 6.30. The van der Waals surface area contributed by atoms with E-state index in [0.717, 1.165) is 12.0 Å². The van der Waals surface area contributed by atoms with Crippen LogP contribution in [-0.2, 0) is 0 Å². The third-order valence-electron chi connectivity index (χ3n) is 3.43. The number of aromatic amines is 2. The Hall–Kier alpha value is -2.28. The van der Waals surface area contributed by atoms with E-state index in [1.807, 2.05) is 0 Å². The lowest BCUT2D eigenvalue weighted by atomic mass is 10.1. The van der Waals surface area contributed by atoms with Crippen molar-refractivity contribution in [3.05, 3.63) is 56.2 Å². The van der Waals surface area contributed by atoms with Gasteiger partial charge in [0.1, 0.15) is 5.69 Å². The second-order valence-electron chi connectivity index (χ2n) is 4.79. The highest BCUT2D eigenvalue weighted by Crippen LogP contribution is 2.50. The zero-order valence-corrected chi connectivity index (χ0v) is 11.4. The lowest BCUT2D eigenvalue weighted by Gasteiger charge is -2.04. The van der Waals surface area contributed by atoms with Crippen molar-refractivity contribution in [3.63, 3.8) is 0 Å². The molecule has 2 aromatic rings. The Kier molecular flexibility index (Phi) is 3.42. The highest BCUT2D eigenvalue weighted by Gasteiger charge is 2.38. The van der Waals surface area contributed by atoms with Crippen LogP contribution >= 0.6 is 11.6 Å². The van der Waals surface area contributed by atoms with Crippen molar-refractivity contribution in [2.45, 2.75) is 12.3 Å². The van der Waals surface area contributed by atoms with E-state index in [2.05, 4.69) is 20.2 Å². The van der Waals surface area contributed by atoms with E-state index in [1.165, 1.54) is 12.3 Å². The molecule has 1 aliphatic carbocycles. The van der Waals surface area contributed by atoms with Crippen LogP contribution in [0, 0.1) is 5.92 Å². The Morgan fingerprint density at radius 3 is 2.90 bits per heavy atom. The monoisotopic (exact) mass is 308 g/mol. The minimum absolute atomic E-state index is 0.0700. The number of allylic oxidation sites excluding steroid dienone is 1. The van der Waals surface area contributed by atoms with Crippen LogP contribution in [0.25, 0.3) is 11.3 Å². The van der Waals surface area contributed by atoms with Crippen LogP contribution in [0.1, 0.15) is 17.9 Å². The molecule has 1 aliphatic rings. The first kappa shape index (κ1) is 13.7. The van der Waals surface area contributed by atoms with Crippen molar-refractivity contribution in [3.8, 4) is 11.3 Å². The molecular formula is C13H10ClFN4O2. The number of H-pyrrole nitrogens is 2. The van der Waals surface area contributed by atoms with Gasteiger partial charge in [0.15, 0.2) is 5.15 Å². The summed E-state index contributed by atoms with van der Waals surface area (Å²) in [6.07, 6.45) is 4.02. The first-order valence-electron chi connectivity index (χ1n) is 6.22. The second-order valence-corrected chi connectivity index (χ2v) is 5.14. The summed E-state index contributed by atoms with van der Waals surface area (Å²) >= 11 is 6.01. The van der Waals surface area contributed by atoms with Crippen LogP contribution in [0.5, 0.6) is 0 Å². The fourth-order valence-corrected chi connectivity index (χ4v) is 2.49. The Morgan fingerprint density at radius 2 is 2.19 bits per heavy atom. The van der Waals surface area contributed by atoms with Crippen LogP contribution in [0.15, 0.2) is 34.3 Å². The fraction of sp³-hybridized carbons (Fsp3) is 0.231. The smallest absolute Gasteiger partial charge is 0.313 e. The van der Waals surface area contributed by atoms with Gasteiger partial charge in [-0.15, -0.1) is 10.2 Å². The van der Waals surface area contributed by atoms with Gasteiger partial charge in [-0.25, -0.2) is 9.18 Å². The number of nitrogens with one attached hydrogen (secondary N) is 2. The number of nitrogens with zero attached hydrogens (tertiary/aromatic N) is 2. The van der Waals surface area contributed by atoms with Crippen molar-refractivity contribution < 1.29 is 4.39 Å². The van der Waals surface area contributed by atoms with Gasteiger partial charge in [-0.1, -0.05) is 17.7 Å². The second kappa shape index (κ2) is 5.25. The molecule has 0 spiro atoms. The number of aromatic nitrogens is 4. The molecule has 2 aromatic heterocycles. The molecule has 21 heavy (non-hydrogen) atoms. The molecule has 6 nitrogen and oxygen atoms in total. The van der Waals surface area contributed by atoms with E-state index in [1.54, 1.807) is 6.07 Å². The van der Waals surface area contributed by atoms with Crippen molar-refractivity contribution >= 4 is 11.6 Å². The summed E-state index contributed by atoms with van der Waals surface area (Å²) in [7, 11) is 0. The molecule has 0 bridgehead atoms. The minimum atomic E-state index is -0.596. The predicted octanol–water partition coefficient (Wildman–Crippen LogP) is 1.76. The molecule has 8 heteroatoms. The lowest BCUT2D eigenvalue weighted by Crippen LogP contribution is -2.23. The summed E-state index contributed by atoms with van der Waals surface area (Å²) in [6.45, 7) is 0. The molecule has 1 fully saturated rings. The highest BCUT2D eigenvalue weighted by atomic mass is 35.5. The van der Waals surface area contributed by atoms with Gasteiger partial charge in [-0.05, 0) is 29.9 Å². The summed E-state index contributed by atoms with van der Waals surface area (Å²) in [4.78, 5) is 27.3. The van der Waals surface area contributed by atoms with E-state index < -0.39 is 11.2 Å². The Balaban J connectivity index is 2.02. The number of hydrogen-bond donors (Lipinski definition) is 2. The summed E-state index contributed by atoms with van der Waals surface area (Å²) in [5.74, 6) is 0.152. The van der Waals surface area contributed by atoms with Gasteiger partial charge >= 0.3 is 5.69 Å². The van der Waals surface area contributed by atoms with Gasteiger partial charge in [0, 0.05) is 6.20 Å². The SMILES string of the molecule is O=c1[nH]cc(-c2cc([C@H]3C[C@@H]3/C=C/F)c(Cl)nn2)c(=O)[nH]1. The largest absolute Gasteiger partial charge is 0.325 e. The normalized spacial score (nSPS) is 20.9. The topological polar surface area (TPSA) is 91.5 Å². The molecule has 0 aliphatic heterocycles. The lowest BCUT2D eigenvalue weighted by molar-refractivity contribution is 0.710. The summed E-state index contributed by atoms with van der Waals surface area (Å²) in [6, 6.07) is 1.65. The molecule has 0 aromatic carbocycles. The summed E-state index contributed by atoms with van der Waals surface area (Å²) < 4.78 is 12.2. The van der Waals surface area contributed by atoms with Crippen LogP contribution in [0.2, 0.25) is 5.15 Å². The van der Waals surface area contributed by atoms with Crippen molar-refractivity contribution in [2.24, 2.45) is 5.92 Å². The minimum Gasteiger partial charge on any atom is -0.313 e. The molecule has 0 radical (unpaired) electrons. The maximum absolute atomic E-state index is 12.2. The fourth-order valence-electron chi connectivity index (χ4n) is 2.26. The van der Waals surface area contributed by atoms with Crippen LogP contribution < -0.4 is 11.2 Å². The molecule has 0 unspecified atom stereocenters. The molecule has 108 valence electrons. The molecule has 2 N–H and O–H groups in total. The Labute approximate surface area is 122 Å². The van der Waals surface area contributed by atoms with Crippen molar-refractivity contribution in [1.29, 1.82) is 0 Å². The maximum Gasteiger partial charge on any atom is 0.325 e. The Morgan fingerprint density at radius 1 is 1.38 bits per heavy atom. The Bertz CT molecular complexity index is 829. The average Bonchev–Trinajstić information content (AvgIpc) is 3.19. The van der Waals surface area contributed by atoms with E-state index >= 15 is 0 Å². The van der Waals surface area contributed by atoms with Gasteiger partial charge in [0.2, 0.25) is 0 Å². The van der Waals surface area contributed by atoms with E-state index in [4.69, 9.17) is 11.6 Å². The average molecular weight is 309 g/mol. The third kappa shape index (κ3) is 2.64.